The molecule has 0 radical (unpaired) electrons. The van der Waals surface area contributed by atoms with Crippen LogP contribution < -0.4 is 10.1 Å². The lowest BCUT2D eigenvalue weighted by atomic mass is 10.1. The summed E-state index contributed by atoms with van der Waals surface area (Å²) in [7, 11) is 1.94. The molecule has 4 nitrogen and oxygen atoms in total. The van der Waals surface area contributed by atoms with Gasteiger partial charge in [-0.1, -0.05) is 23.4 Å². The van der Waals surface area contributed by atoms with Gasteiger partial charge in [0.15, 0.2) is 0 Å². The van der Waals surface area contributed by atoms with Crippen LogP contribution in [0.3, 0.4) is 0 Å². The monoisotopic (exact) mass is 236 g/mol. The molecule has 94 valence electrons. The molecule has 0 aromatic heterocycles. The van der Waals surface area contributed by atoms with Crippen molar-refractivity contribution in [2.24, 2.45) is 5.18 Å². The zero-order chi connectivity index (χ0) is 12.5. The van der Waals surface area contributed by atoms with Crippen LogP contribution >= 0.6 is 0 Å². The maximum absolute atomic E-state index is 10.2. The van der Waals surface area contributed by atoms with Crippen molar-refractivity contribution in [2.75, 3.05) is 20.1 Å². The number of para-hydroxylation sites is 1. The van der Waals surface area contributed by atoms with Gasteiger partial charge in [0, 0.05) is 0 Å². The van der Waals surface area contributed by atoms with Gasteiger partial charge in [-0.15, -0.1) is 0 Å². The number of nitrogens with one attached hydrogen (secondary N) is 1. The van der Waals surface area contributed by atoms with Crippen LogP contribution in [0.25, 0.3) is 0 Å². The molecular formula is C13H20N2O2. The minimum atomic E-state index is -0.169. The van der Waals surface area contributed by atoms with Crippen LogP contribution in [0.4, 0.5) is 0 Å². The Hall–Kier alpha value is -1.42. The first-order valence-corrected chi connectivity index (χ1v) is 5.96. The van der Waals surface area contributed by atoms with Gasteiger partial charge < -0.3 is 10.1 Å². The Kier molecular flexibility index (Phi) is 6.25. The van der Waals surface area contributed by atoms with Crippen molar-refractivity contribution in [1.82, 2.24) is 5.32 Å². The fourth-order valence-electron chi connectivity index (χ4n) is 1.64. The van der Waals surface area contributed by atoms with Crippen LogP contribution in [0, 0.1) is 4.91 Å². The molecule has 1 atom stereocenters. The molecule has 0 bridgehead atoms. The van der Waals surface area contributed by atoms with Crippen LogP contribution in [0.15, 0.2) is 29.4 Å². The molecule has 4 heteroatoms. The van der Waals surface area contributed by atoms with Crippen molar-refractivity contribution < 1.29 is 4.74 Å². The summed E-state index contributed by atoms with van der Waals surface area (Å²) in [6.45, 7) is 3.02. The van der Waals surface area contributed by atoms with Crippen molar-refractivity contribution in [3.8, 4) is 5.75 Å². The first kappa shape index (κ1) is 13.6. The Labute approximate surface area is 102 Å². The van der Waals surface area contributed by atoms with Crippen LogP contribution in [-0.2, 0) is 6.42 Å². The smallest absolute Gasteiger partial charge is 0.122 e. The van der Waals surface area contributed by atoms with Gasteiger partial charge in [-0.25, -0.2) is 0 Å². The van der Waals surface area contributed by atoms with E-state index in [4.69, 9.17) is 4.74 Å². The average Bonchev–Trinajstić information content (AvgIpc) is 2.32. The molecule has 0 aliphatic heterocycles. The Balaban J connectivity index is 2.60. The topological polar surface area (TPSA) is 50.7 Å². The zero-order valence-corrected chi connectivity index (χ0v) is 10.5. The Morgan fingerprint density at radius 3 is 2.88 bits per heavy atom. The van der Waals surface area contributed by atoms with E-state index in [-0.39, 0.29) is 12.6 Å². The highest BCUT2D eigenvalue weighted by Gasteiger charge is 2.07. The summed E-state index contributed by atoms with van der Waals surface area (Å²) in [5, 5.41) is 5.97. The van der Waals surface area contributed by atoms with E-state index >= 15 is 0 Å². The number of hydrogen-bond donors (Lipinski definition) is 1. The second kappa shape index (κ2) is 7.79. The lowest BCUT2D eigenvalue weighted by Gasteiger charge is -2.15. The third kappa shape index (κ3) is 4.95. The molecule has 0 aliphatic carbocycles. The van der Waals surface area contributed by atoms with E-state index in [9.17, 15) is 4.91 Å². The molecule has 0 fully saturated rings. The number of aryl methyl sites for hydroxylation is 1. The summed E-state index contributed by atoms with van der Waals surface area (Å²) in [5.74, 6) is 0.861. The highest BCUT2D eigenvalue weighted by atomic mass is 16.5. The summed E-state index contributed by atoms with van der Waals surface area (Å²) in [4.78, 5) is 10.2. The van der Waals surface area contributed by atoms with E-state index in [0.29, 0.717) is 0 Å². The highest BCUT2D eigenvalue weighted by molar-refractivity contribution is 5.33. The maximum Gasteiger partial charge on any atom is 0.122 e. The Morgan fingerprint density at radius 2 is 2.18 bits per heavy atom. The van der Waals surface area contributed by atoms with E-state index in [0.717, 1.165) is 25.1 Å². The first-order valence-electron chi connectivity index (χ1n) is 5.96. The van der Waals surface area contributed by atoms with Gasteiger partial charge in [0.25, 0.3) is 0 Å². The van der Waals surface area contributed by atoms with Gasteiger partial charge in [0.2, 0.25) is 0 Å². The second-order valence-electron chi connectivity index (χ2n) is 4.05. The van der Waals surface area contributed by atoms with Crippen LogP contribution in [0.1, 0.15) is 18.9 Å². The molecule has 0 unspecified atom stereocenters. The highest BCUT2D eigenvalue weighted by Crippen LogP contribution is 2.20. The zero-order valence-electron chi connectivity index (χ0n) is 10.5. The predicted molar refractivity (Wildman–Crippen MR) is 69.4 cm³/mol. The summed E-state index contributed by atoms with van der Waals surface area (Å²) in [6, 6.07) is 7.95. The van der Waals surface area contributed by atoms with Crippen LogP contribution in [0.5, 0.6) is 5.75 Å². The van der Waals surface area contributed by atoms with Crippen molar-refractivity contribution in [3.05, 3.63) is 34.7 Å². The molecule has 0 amide bonds. The van der Waals surface area contributed by atoms with Gasteiger partial charge in [0.1, 0.15) is 18.4 Å². The lowest BCUT2D eigenvalue weighted by molar-refractivity contribution is 0.227. The molecule has 0 saturated heterocycles. The number of rotatable bonds is 8. The minimum Gasteiger partial charge on any atom is -0.488 e. The average molecular weight is 236 g/mol. The fourth-order valence-corrected chi connectivity index (χ4v) is 1.64. The number of nitroso groups, excluding NO2 is 1. The van der Waals surface area contributed by atoms with Gasteiger partial charge in [-0.05, 0) is 45.0 Å². The van der Waals surface area contributed by atoms with E-state index in [1.807, 2.05) is 32.2 Å². The molecule has 1 aromatic carbocycles. The van der Waals surface area contributed by atoms with Gasteiger partial charge in [-0.2, -0.15) is 4.91 Å². The number of nitrogens with zero attached hydrogens (tertiary/aromatic N) is 1. The van der Waals surface area contributed by atoms with Crippen molar-refractivity contribution >= 4 is 0 Å². The van der Waals surface area contributed by atoms with Gasteiger partial charge in [-0.3, -0.25) is 0 Å². The van der Waals surface area contributed by atoms with E-state index in [1.54, 1.807) is 0 Å². The standard InChI is InChI=1S/C13H20N2O2/c1-11(10-15-16)17-13-8-4-3-6-12(13)7-5-9-14-2/h3-4,6,8,11,14H,5,7,9-10H2,1-2H3/t11-/m1/s1. The third-order valence-corrected chi connectivity index (χ3v) is 2.51. The van der Waals surface area contributed by atoms with E-state index in [1.165, 1.54) is 5.56 Å². The van der Waals surface area contributed by atoms with E-state index in [2.05, 4.69) is 16.6 Å². The first-order chi connectivity index (χ1) is 8.27. The molecule has 0 aliphatic rings. The van der Waals surface area contributed by atoms with Crippen molar-refractivity contribution in [3.63, 3.8) is 0 Å². The number of hydrogen-bond acceptors (Lipinski definition) is 4. The molecule has 0 heterocycles. The van der Waals surface area contributed by atoms with Crippen molar-refractivity contribution in [2.45, 2.75) is 25.9 Å². The largest absolute Gasteiger partial charge is 0.488 e. The quantitative estimate of drug-likeness (QED) is 0.557. The molecule has 1 N–H and O–H groups in total. The van der Waals surface area contributed by atoms with Crippen molar-refractivity contribution in [1.29, 1.82) is 0 Å². The third-order valence-electron chi connectivity index (χ3n) is 2.51. The second-order valence-corrected chi connectivity index (χ2v) is 4.05. The molecule has 17 heavy (non-hydrogen) atoms. The molecule has 1 rings (SSSR count). The molecule has 0 spiro atoms. The van der Waals surface area contributed by atoms with E-state index < -0.39 is 0 Å². The van der Waals surface area contributed by atoms with Gasteiger partial charge in [0.05, 0.1) is 0 Å². The van der Waals surface area contributed by atoms with Crippen LogP contribution in [-0.4, -0.2) is 26.2 Å². The predicted octanol–water partition coefficient (Wildman–Crippen LogP) is 2.37. The fraction of sp³-hybridized carbons (Fsp3) is 0.538. The summed E-state index contributed by atoms with van der Waals surface area (Å²) in [6.07, 6.45) is 1.87. The molecular weight excluding hydrogens is 216 g/mol. The SMILES string of the molecule is CNCCCc1ccccc1O[C@H](C)CN=O. The molecule has 1 aromatic rings. The normalized spacial score (nSPS) is 12.1. The minimum absolute atomic E-state index is 0.169. The number of ether oxygens (including phenoxy) is 1. The Morgan fingerprint density at radius 1 is 1.41 bits per heavy atom. The van der Waals surface area contributed by atoms with Gasteiger partial charge >= 0.3 is 0 Å². The summed E-state index contributed by atoms with van der Waals surface area (Å²) < 4.78 is 5.70. The summed E-state index contributed by atoms with van der Waals surface area (Å²) >= 11 is 0. The lowest BCUT2D eigenvalue weighted by Crippen LogP contribution is -2.16. The summed E-state index contributed by atoms with van der Waals surface area (Å²) in [5.41, 5.74) is 1.18. The Bertz CT molecular complexity index is 342. The van der Waals surface area contributed by atoms with Crippen LogP contribution in [0.2, 0.25) is 0 Å². The maximum atomic E-state index is 10.2. The number of benzene rings is 1. The molecule has 0 saturated carbocycles.